The number of benzene rings is 2. The van der Waals surface area contributed by atoms with Gasteiger partial charge in [-0.05, 0) is 36.1 Å². The normalized spacial score (nSPS) is 13.2. The number of carbonyl (C=O) groups excluding carboxylic acids is 1. The Kier molecular flexibility index (Phi) is 6.28. The molecule has 0 unspecified atom stereocenters. The fourth-order valence-corrected chi connectivity index (χ4v) is 4.15. The van der Waals surface area contributed by atoms with Gasteiger partial charge < -0.3 is 14.2 Å². The number of fused-ring (bicyclic) bond motifs is 1. The molecule has 144 valence electrons. The van der Waals surface area contributed by atoms with E-state index in [0.717, 1.165) is 10.5 Å². The first-order chi connectivity index (χ1) is 13.0. The van der Waals surface area contributed by atoms with E-state index in [-0.39, 0.29) is 23.7 Å². The van der Waals surface area contributed by atoms with Crippen LogP contribution in [0.5, 0.6) is 11.5 Å². The van der Waals surface area contributed by atoms with E-state index in [1.54, 1.807) is 17.8 Å². The van der Waals surface area contributed by atoms with Gasteiger partial charge in [-0.3, -0.25) is 4.79 Å². The molecule has 0 aromatic heterocycles. The van der Waals surface area contributed by atoms with Crippen LogP contribution in [0.4, 0.5) is 0 Å². The SMILES string of the molecule is CSc1ccc(COC(=O)CCS(=O)(=O)c2ccc3c(c2)OCCO3)cc1. The number of thioether (sulfide) groups is 1. The molecular formula is C19H20O6S2. The molecule has 0 fully saturated rings. The summed E-state index contributed by atoms with van der Waals surface area (Å²) in [5.74, 6) is 0.0485. The second-order valence-corrected chi connectivity index (χ2v) is 8.87. The van der Waals surface area contributed by atoms with Gasteiger partial charge in [-0.1, -0.05) is 12.1 Å². The third kappa shape index (κ3) is 5.17. The van der Waals surface area contributed by atoms with Crippen LogP contribution >= 0.6 is 11.8 Å². The van der Waals surface area contributed by atoms with Crippen LogP contribution < -0.4 is 9.47 Å². The molecule has 2 aromatic carbocycles. The second kappa shape index (κ2) is 8.67. The second-order valence-electron chi connectivity index (χ2n) is 5.88. The van der Waals surface area contributed by atoms with Crippen molar-refractivity contribution in [2.45, 2.75) is 22.8 Å². The molecule has 27 heavy (non-hydrogen) atoms. The first kappa shape index (κ1) is 19.6. The van der Waals surface area contributed by atoms with Crippen LogP contribution in [-0.2, 0) is 26.0 Å². The molecule has 3 rings (SSSR count). The fraction of sp³-hybridized carbons (Fsp3) is 0.316. The van der Waals surface area contributed by atoms with Gasteiger partial charge in [0.25, 0.3) is 0 Å². The summed E-state index contributed by atoms with van der Waals surface area (Å²) >= 11 is 1.63. The molecule has 0 spiro atoms. The third-order valence-electron chi connectivity index (χ3n) is 4.01. The minimum Gasteiger partial charge on any atom is -0.486 e. The minimum atomic E-state index is -3.62. The fourth-order valence-electron chi connectivity index (χ4n) is 2.51. The van der Waals surface area contributed by atoms with Gasteiger partial charge in [0.2, 0.25) is 0 Å². The minimum absolute atomic E-state index is 0.104. The van der Waals surface area contributed by atoms with Gasteiger partial charge in [-0.25, -0.2) is 8.42 Å². The Balaban J connectivity index is 1.54. The van der Waals surface area contributed by atoms with Crippen LogP contribution in [0.15, 0.2) is 52.3 Å². The van der Waals surface area contributed by atoms with Crippen molar-refractivity contribution in [3.05, 3.63) is 48.0 Å². The quantitative estimate of drug-likeness (QED) is 0.514. The van der Waals surface area contributed by atoms with Gasteiger partial charge in [0.1, 0.15) is 19.8 Å². The van der Waals surface area contributed by atoms with E-state index in [1.165, 1.54) is 12.1 Å². The molecule has 0 bridgehead atoms. The molecule has 0 amide bonds. The standard InChI is InChI=1S/C19H20O6S2/c1-26-15-4-2-14(3-5-15)13-25-19(20)8-11-27(21,22)16-6-7-17-18(12-16)24-10-9-23-17/h2-7,12H,8-11,13H2,1H3. The summed E-state index contributed by atoms with van der Waals surface area (Å²) in [7, 11) is -3.62. The molecule has 0 N–H and O–H groups in total. The molecule has 0 radical (unpaired) electrons. The summed E-state index contributed by atoms with van der Waals surface area (Å²) in [6, 6.07) is 12.1. The number of carbonyl (C=O) groups is 1. The highest BCUT2D eigenvalue weighted by Gasteiger charge is 2.21. The average Bonchev–Trinajstić information content (AvgIpc) is 2.70. The van der Waals surface area contributed by atoms with Gasteiger partial charge >= 0.3 is 5.97 Å². The lowest BCUT2D eigenvalue weighted by molar-refractivity contribution is -0.144. The summed E-state index contributed by atoms with van der Waals surface area (Å²) in [5.41, 5.74) is 0.857. The number of hydrogen-bond donors (Lipinski definition) is 0. The summed E-state index contributed by atoms with van der Waals surface area (Å²) in [6.07, 6.45) is 1.77. The Hall–Kier alpha value is -2.19. The Morgan fingerprint density at radius 1 is 1.07 bits per heavy atom. The van der Waals surface area contributed by atoms with Gasteiger partial charge in [0.05, 0.1) is 17.1 Å². The van der Waals surface area contributed by atoms with E-state index < -0.39 is 15.8 Å². The zero-order valence-corrected chi connectivity index (χ0v) is 16.5. The van der Waals surface area contributed by atoms with E-state index >= 15 is 0 Å². The molecule has 8 heteroatoms. The molecule has 0 atom stereocenters. The Bertz CT molecular complexity index is 906. The molecular weight excluding hydrogens is 388 g/mol. The van der Waals surface area contributed by atoms with Gasteiger partial charge in [0, 0.05) is 11.0 Å². The van der Waals surface area contributed by atoms with E-state index in [0.29, 0.717) is 24.7 Å². The maximum Gasteiger partial charge on any atom is 0.307 e. The molecule has 0 aliphatic carbocycles. The summed E-state index contributed by atoms with van der Waals surface area (Å²) < 4.78 is 40.9. The van der Waals surface area contributed by atoms with Crippen molar-refractivity contribution in [2.75, 3.05) is 25.2 Å². The molecule has 0 saturated carbocycles. The highest BCUT2D eigenvalue weighted by molar-refractivity contribution is 7.98. The number of ether oxygens (including phenoxy) is 3. The topological polar surface area (TPSA) is 78.9 Å². The van der Waals surface area contributed by atoms with Crippen LogP contribution in [0, 0.1) is 0 Å². The predicted molar refractivity (Wildman–Crippen MR) is 102 cm³/mol. The predicted octanol–water partition coefficient (Wildman–Crippen LogP) is 3.09. The van der Waals surface area contributed by atoms with E-state index in [2.05, 4.69) is 0 Å². The monoisotopic (exact) mass is 408 g/mol. The van der Waals surface area contributed by atoms with Crippen molar-refractivity contribution in [3.8, 4) is 11.5 Å². The zero-order chi connectivity index (χ0) is 19.3. The summed E-state index contributed by atoms with van der Waals surface area (Å²) in [5, 5.41) is 0. The molecule has 2 aromatic rings. The number of sulfone groups is 1. The summed E-state index contributed by atoms with van der Waals surface area (Å²) in [6.45, 7) is 0.934. The average molecular weight is 408 g/mol. The van der Waals surface area contributed by atoms with Crippen LogP contribution in [0.25, 0.3) is 0 Å². The smallest absolute Gasteiger partial charge is 0.307 e. The number of esters is 1. The molecule has 1 aliphatic rings. The van der Waals surface area contributed by atoms with Crippen LogP contribution in [0.3, 0.4) is 0 Å². The number of rotatable bonds is 7. The zero-order valence-electron chi connectivity index (χ0n) is 14.8. The first-order valence-corrected chi connectivity index (χ1v) is 11.3. The van der Waals surface area contributed by atoms with Gasteiger partial charge in [-0.2, -0.15) is 0 Å². The van der Waals surface area contributed by atoms with Crippen molar-refractivity contribution < 1.29 is 27.4 Å². The van der Waals surface area contributed by atoms with Crippen molar-refractivity contribution in [2.24, 2.45) is 0 Å². The van der Waals surface area contributed by atoms with Gasteiger partial charge in [0.15, 0.2) is 21.3 Å². The van der Waals surface area contributed by atoms with E-state index in [9.17, 15) is 13.2 Å². The largest absolute Gasteiger partial charge is 0.486 e. The van der Waals surface area contributed by atoms with Crippen LogP contribution in [0.1, 0.15) is 12.0 Å². The first-order valence-electron chi connectivity index (χ1n) is 8.39. The maximum atomic E-state index is 12.5. The highest BCUT2D eigenvalue weighted by Crippen LogP contribution is 2.32. The van der Waals surface area contributed by atoms with Gasteiger partial charge in [-0.15, -0.1) is 11.8 Å². The summed E-state index contributed by atoms with van der Waals surface area (Å²) in [4.78, 5) is 13.1. The third-order valence-corrected chi connectivity index (χ3v) is 6.46. The van der Waals surface area contributed by atoms with Crippen LogP contribution in [0.2, 0.25) is 0 Å². The van der Waals surface area contributed by atoms with E-state index in [1.807, 2.05) is 30.5 Å². The van der Waals surface area contributed by atoms with Crippen molar-refractivity contribution in [3.63, 3.8) is 0 Å². The number of hydrogen-bond acceptors (Lipinski definition) is 7. The van der Waals surface area contributed by atoms with Crippen molar-refractivity contribution >= 4 is 27.6 Å². The maximum absolute atomic E-state index is 12.5. The van der Waals surface area contributed by atoms with Crippen molar-refractivity contribution in [1.29, 1.82) is 0 Å². The Morgan fingerprint density at radius 3 is 2.48 bits per heavy atom. The lowest BCUT2D eigenvalue weighted by atomic mass is 10.2. The Morgan fingerprint density at radius 2 is 1.78 bits per heavy atom. The van der Waals surface area contributed by atoms with Crippen LogP contribution in [-0.4, -0.2) is 39.6 Å². The molecule has 1 aliphatic heterocycles. The lowest BCUT2D eigenvalue weighted by Crippen LogP contribution is -2.17. The highest BCUT2D eigenvalue weighted by atomic mass is 32.2. The molecule has 6 nitrogen and oxygen atoms in total. The molecule has 0 saturated heterocycles. The van der Waals surface area contributed by atoms with Crippen molar-refractivity contribution in [1.82, 2.24) is 0 Å². The molecule has 1 heterocycles. The Labute approximate surface area is 162 Å². The van der Waals surface area contributed by atoms with E-state index in [4.69, 9.17) is 14.2 Å². The lowest BCUT2D eigenvalue weighted by Gasteiger charge is -2.18.